The third-order valence-corrected chi connectivity index (χ3v) is 4.72. The molecular weight excluding hydrogens is 372 g/mol. The van der Waals surface area contributed by atoms with E-state index in [1.807, 2.05) is 32.0 Å². The number of hydrogen-bond donors (Lipinski definition) is 1. The van der Waals surface area contributed by atoms with Gasteiger partial charge in [0, 0.05) is 18.5 Å². The van der Waals surface area contributed by atoms with E-state index in [2.05, 4.69) is 0 Å². The summed E-state index contributed by atoms with van der Waals surface area (Å²) in [6.07, 6.45) is 0.622. The van der Waals surface area contributed by atoms with Crippen LogP contribution in [0.25, 0.3) is 0 Å². The zero-order valence-corrected chi connectivity index (χ0v) is 16.6. The second-order valence-electron chi connectivity index (χ2n) is 7.07. The van der Waals surface area contributed by atoms with E-state index >= 15 is 0 Å². The number of nitrogens with zero attached hydrogens (tertiary/aromatic N) is 1. The Morgan fingerprint density at radius 3 is 2.69 bits per heavy atom. The van der Waals surface area contributed by atoms with Gasteiger partial charge in [-0.1, -0.05) is 17.7 Å². The van der Waals surface area contributed by atoms with Gasteiger partial charge in [-0.25, -0.2) is 0 Å². The molecule has 2 N–H and O–H groups in total. The van der Waals surface area contributed by atoms with Gasteiger partial charge in [-0.3, -0.25) is 14.4 Å². The van der Waals surface area contributed by atoms with E-state index in [0.717, 1.165) is 11.1 Å². The first-order chi connectivity index (χ1) is 13.8. The second-order valence-corrected chi connectivity index (χ2v) is 7.07. The third-order valence-electron chi connectivity index (χ3n) is 4.72. The zero-order chi connectivity index (χ0) is 21.0. The minimum atomic E-state index is -0.418. The lowest BCUT2D eigenvalue weighted by Gasteiger charge is -2.29. The second kappa shape index (κ2) is 8.77. The maximum absolute atomic E-state index is 12.6. The van der Waals surface area contributed by atoms with Crippen molar-refractivity contribution in [2.75, 3.05) is 24.7 Å². The molecule has 7 nitrogen and oxygen atoms in total. The molecule has 0 atom stereocenters. The molecule has 7 heteroatoms. The largest absolute Gasteiger partial charge is 0.485 e. The standard InChI is InChI=1S/C22H24N2O5/c1-14-5-7-19(15(2)10-14)28-12-18(25)16-6-8-20-17(11-16)24(22(27)13-29-20)9-3-4-21(23)26/h5-8,10-11H,3-4,9,12-13H2,1-2H3,(H2,23,26). The molecule has 2 aromatic rings. The van der Waals surface area contributed by atoms with Crippen molar-refractivity contribution in [3.8, 4) is 11.5 Å². The van der Waals surface area contributed by atoms with Gasteiger partial charge in [0.1, 0.15) is 11.5 Å². The molecule has 1 heterocycles. The fourth-order valence-electron chi connectivity index (χ4n) is 3.22. The molecule has 0 fully saturated rings. The number of carbonyl (C=O) groups excluding carboxylic acids is 3. The van der Waals surface area contributed by atoms with Crippen molar-refractivity contribution in [3.63, 3.8) is 0 Å². The average Bonchev–Trinajstić information content (AvgIpc) is 2.68. The van der Waals surface area contributed by atoms with Crippen LogP contribution in [-0.2, 0) is 9.59 Å². The van der Waals surface area contributed by atoms with Crippen LogP contribution in [0.4, 0.5) is 5.69 Å². The van der Waals surface area contributed by atoms with Gasteiger partial charge < -0.3 is 20.1 Å². The number of aryl methyl sites for hydroxylation is 2. The predicted octanol–water partition coefficient (Wildman–Crippen LogP) is 2.56. The van der Waals surface area contributed by atoms with Crippen molar-refractivity contribution in [1.29, 1.82) is 0 Å². The Labute approximate surface area is 169 Å². The first-order valence-electron chi connectivity index (χ1n) is 9.44. The molecule has 29 heavy (non-hydrogen) atoms. The summed E-state index contributed by atoms with van der Waals surface area (Å²) >= 11 is 0. The Balaban J connectivity index is 1.73. The molecule has 0 aliphatic carbocycles. The van der Waals surface area contributed by atoms with Gasteiger partial charge in [0.05, 0.1) is 5.69 Å². The Hall–Kier alpha value is -3.35. The highest BCUT2D eigenvalue weighted by Crippen LogP contribution is 2.33. The topological polar surface area (TPSA) is 98.9 Å². The summed E-state index contributed by atoms with van der Waals surface area (Å²) in [7, 11) is 0. The molecule has 3 rings (SSSR count). The van der Waals surface area contributed by atoms with Crippen LogP contribution < -0.4 is 20.1 Å². The van der Waals surface area contributed by atoms with Gasteiger partial charge in [0.15, 0.2) is 19.0 Å². The summed E-state index contributed by atoms with van der Waals surface area (Å²) in [5, 5.41) is 0. The third kappa shape index (κ3) is 4.93. The molecule has 0 spiro atoms. The highest BCUT2D eigenvalue weighted by atomic mass is 16.5. The van der Waals surface area contributed by atoms with Crippen molar-refractivity contribution < 1.29 is 23.9 Å². The summed E-state index contributed by atoms with van der Waals surface area (Å²) < 4.78 is 11.1. The Morgan fingerprint density at radius 2 is 1.97 bits per heavy atom. The molecule has 2 aromatic carbocycles. The summed E-state index contributed by atoms with van der Waals surface area (Å²) in [5.41, 5.74) is 8.20. The molecule has 1 aliphatic heterocycles. The number of carbonyl (C=O) groups is 3. The van der Waals surface area contributed by atoms with Gasteiger partial charge in [-0.15, -0.1) is 0 Å². The predicted molar refractivity (Wildman–Crippen MR) is 108 cm³/mol. The van der Waals surface area contributed by atoms with Crippen LogP contribution >= 0.6 is 0 Å². The number of Topliss-reactive ketones (excluding diaryl/α,β-unsaturated/α-hetero) is 1. The van der Waals surface area contributed by atoms with Gasteiger partial charge >= 0.3 is 0 Å². The molecular formula is C22H24N2O5. The number of amides is 2. The summed E-state index contributed by atoms with van der Waals surface area (Å²) in [5.74, 6) is 0.336. The molecule has 2 amide bonds. The van der Waals surface area contributed by atoms with Crippen molar-refractivity contribution >= 4 is 23.3 Å². The number of nitrogens with two attached hydrogens (primary N) is 1. The van der Waals surface area contributed by atoms with Crippen molar-refractivity contribution in [3.05, 3.63) is 53.1 Å². The van der Waals surface area contributed by atoms with Crippen LogP contribution in [0.15, 0.2) is 36.4 Å². The zero-order valence-electron chi connectivity index (χ0n) is 16.6. The summed E-state index contributed by atoms with van der Waals surface area (Å²) in [4.78, 5) is 37.4. The molecule has 0 bridgehead atoms. The molecule has 0 saturated heterocycles. The molecule has 0 aromatic heterocycles. The highest BCUT2D eigenvalue weighted by Gasteiger charge is 2.26. The van der Waals surface area contributed by atoms with E-state index in [0.29, 0.717) is 35.7 Å². The lowest BCUT2D eigenvalue weighted by molar-refractivity contribution is -0.122. The smallest absolute Gasteiger partial charge is 0.265 e. The fraction of sp³-hybridized carbons (Fsp3) is 0.318. The number of fused-ring (bicyclic) bond motifs is 1. The van der Waals surface area contributed by atoms with Crippen molar-refractivity contribution in [2.24, 2.45) is 5.73 Å². The Bertz CT molecular complexity index is 954. The van der Waals surface area contributed by atoms with Crippen LogP contribution in [0.3, 0.4) is 0 Å². The van der Waals surface area contributed by atoms with Crippen molar-refractivity contribution in [2.45, 2.75) is 26.7 Å². The first-order valence-corrected chi connectivity index (χ1v) is 9.44. The van der Waals surface area contributed by atoms with Crippen molar-refractivity contribution in [1.82, 2.24) is 0 Å². The highest BCUT2D eigenvalue weighted by molar-refractivity contribution is 6.02. The van der Waals surface area contributed by atoms with Crippen LogP contribution in [-0.4, -0.2) is 37.4 Å². The monoisotopic (exact) mass is 396 g/mol. The molecule has 0 saturated carbocycles. The van der Waals surface area contributed by atoms with Gasteiger partial charge in [-0.2, -0.15) is 0 Å². The SMILES string of the molecule is Cc1ccc(OCC(=O)c2ccc3c(c2)N(CCCC(N)=O)C(=O)CO3)c(C)c1. The van der Waals surface area contributed by atoms with Crippen LogP contribution in [0.2, 0.25) is 0 Å². The molecule has 0 radical (unpaired) electrons. The maximum atomic E-state index is 12.6. The lowest BCUT2D eigenvalue weighted by Crippen LogP contribution is -2.39. The number of hydrogen-bond acceptors (Lipinski definition) is 5. The number of ketones is 1. The lowest BCUT2D eigenvalue weighted by atomic mass is 10.1. The normalized spacial score (nSPS) is 12.9. The fourth-order valence-corrected chi connectivity index (χ4v) is 3.22. The van der Waals surface area contributed by atoms with E-state index in [-0.39, 0.29) is 31.3 Å². The number of ether oxygens (including phenoxy) is 2. The summed E-state index contributed by atoms with van der Waals surface area (Å²) in [6.45, 7) is 4.06. The molecule has 0 unspecified atom stereocenters. The first kappa shape index (κ1) is 20.4. The minimum absolute atomic E-state index is 0.0767. The molecule has 1 aliphatic rings. The number of anilines is 1. The van der Waals surface area contributed by atoms with Gasteiger partial charge in [-0.05, 0) is 50.1 Å². The number of rotatable bonds is 8. The number of benzene rings is 2. The van der Waals surface area contributed by atoms with E-state index in [9.17, 15) is 14.4 Å². The average molecular weight is 396 g/mol. The van der Waals surface area contributed by atoms with E-state index in [4.69, 9.17) is 15.2 Å². The van der Waals surface area contributed by atoms with Crippen LogP contribution in [0.1, 0.15) is 34.3 Å². The van der Waals surface area contributed by atoms with Gasteiger partial charge in [0.2, 0.25) is 5.91 Å². The van der Waals surface area contributed by atoms with Gasteiger partial charge in [0.25, 0.3) is 5.91 Å². The van der Waals surface area contributed by atoms with E-state index < -0.39 is 5.91 Å². The Morgan fingerprint density at radius 1 is 1.17 bits per heavy atom. The van der Waals surface area contributed by atoms with Crippen LogP contribution in [0, 0.1) is 13.8 Å². The van der Waals surface area contributed by atoms with E-state index in [1.165, 1.54) is 4.90 Å². The maximum Gasteiger partial charge on any atom is 0.265 e. The van der Waals surface area contributed by atoms with E-state index in [1.54, 1.807) is 18.2 Å². The minimum Gasteiger partial charge on any atom is -0.485 e. The molecule has 152 valence electrons. The Kier molecular flexibility index (Phi) is 6.16. The van der Waals surface area contributed by atoms with Crippen LogP contribution in [0.5, 0.6) is 11.5 Å². The quantitative estimate of drug-likeness (QED) is 0.692. The number of primary amides is 1. The summed E-state index contributed by atoms with van der Waals surface area (Å²) in [6, 6.07) is 10.7.